The van der Waals surface area contributed by atoms with Crippen LogP contribution in [0.2, 0.25) is 0 Å². The largest absolute Gasteiger partial charge is 0.492 e. The molecule has 0 amide bonds. The molecule has 5 heteroatoms. The van der Waals surface area contributed by atoms with Gasteiger partial charge in [0.1, 0.15) is 12.4 Å². The summed E-state index contributed by atoms with van der Waals surface area (Å²) in [6, 6.07) is 3.39. The van der Waals surface area contributed by atoms with Gasteiger partial charge in [-0.1, -0.05) is 0 Å². The minimum absolute atomic E-state index is 0.0607. The number of aliphatic hydroxyl groups is 1. The molecule has 2 N–H and O–H groups in total. The lowest BCUT2D eigenvalue weighted by molar-refractivity contribution is 0.275. The van der Waals surface area contributed by atoms with Crippen molar-refractivity contribution in [2.45, 2.75) is 0 Å². The van der Waals surface area contributed by atoms with E-state index in [1.807, 2.05) is 0 Å². The van der Waals surface area contributed by atoms with E-state index in [0.717, 1.165) is 12.1 Å². The minimum atomic E-state index is -0.921. The van der Waals surface area contributed by atoms with E-state index in [2.05, 4.69) is 5.32 Å². The topological polar surface area (TPSA) is 41.5 Å². The van der Waals surface area contributed by atoms with Gasteiger partial charge >= 0.3 is 0 Å². The highest BCUT2D eigenvalue weighted by Crippen LogP contribution is 2.14. The number of halogens is 2. The zero-order valence-electron chi connectivity index (χ0n) is 8.17. The molecule has 84 valence electrons. The molecule has 1 rings (SSSR count). The van der Waals surface area contributed by atoms with Crippen LogP contribution in [0.15, 0.2) is 18.2 Å². The number of rotatable bonds is 6. The molecule has 0 saturated carbocycles. The van der Waals surface area contributed by atoms with Crippen LogP contribution in [0.3, 0.4) is 0 Å². The summed E-state index contributed by atoms with van der Waals surface area (Å²) in [7, 11) is 0. The molecule has 0 aliphatic heterocycles. The molecule has 0 fully saturated rings. The van der Waals surface area contributed by atoms with Crippen LogP contribution in [0.5, 0.6) is 5.75 Å². The standard InChI is InChI=1S/C10H13F2NO2/c11-9-2-1-8(7-10(9)12)15-6-4-13-3-5-14/h1-2,7,13-14H,3-6H2. The smallest absolute Gasteiger partial charge is 0.162 e. The van der Waals surface area contributed by atoms with Gasteiger partial charge in [-0.15, -0.1) is 0 Å². The molecule has 0 atom stereocenters. The Bertz CT molecular complexity index is 307. The van der Waals surface area contributed by atoms with E-state index in [-0.39, 0.29) is 6.61 Å². The van der Waals surface area contributed by atoms with Crippen molar-refractivity contribution in [1.82, 2.24) is 5.32 Å². The first kappa shape index (κ1) is 11.9. The van der Waals surface area contributed by atoms with E-state index in [0.29, 0.717) is 25.4 Å². The minimum Gasteiger partial charge on any atom is -0.492 e. The number of benzene rings is 1. The quantitative estimate of drug-likeness (QED) is 0.696. The highest BCUT2D eigenvalue weighted by atomic mass is 19.2. The highest BCUT2D eigenvalue weighted by Gasteiger charge is 2.02. The molecule has 1 aromatic carbocycles. The van der Waals surface area contributed by atoms with Crippen molar-refractivity contribution >= 4 is 0 Å². The summed E-state index contributed by atoms with van der Waals surface area (Å²) in [5.41, 5.74) is 0. The lowest BCUT2D eigenvalue weighted by Gasteiger charge is -2.06. The van der Waals surface area contributed by atoms with Crippen LogP contribution in [-0.4, -0.2) is 31.4 Å². The monoisotopic (exact) mass is 217 g/mol. The highest BCUT2D eigenvalue weighted by molar-refractivity contribution is 5.23. The molecule has 1 aromatic rings. The van der Waals surface area contributed by atoms with Crippen molar-refractivity contribution in [3.05, 3.63) is 29.8 Å². The van der Waals surface area contributed by atoms with Gasteiger partial charge in [0.2, 0.25) is 0 Å². The number of ether oxygens (including phenoxy) is 1. The average molecular weight is 217 g/mol. The van der Waals surface area contributed by atoms with Crippen molar-refractivity contribution in [1.29, 1.82) is 0 Å². The van der Waals surface area contributed by atoms with Crippen LogP contribution in [-0.2, 0) is 0 Å². The van der Waals surface area contributed by atoms with Crippen LogP contribution in [0.1, 0.15) is 0 Å². The van der Waals surface area contributed by atoms with Gasteiger partial charge in [0.25, 0.3) is 0 Å². The molecule has 0 bridgehead atoms. The van der Waals surface area contributed by atoms with Gasteiger partial charge in [-0.3, -0.25) is 0 Å². The van der Waals surface area contributed by atoms with Gasteiger partial charge in [-0.25, -0.2) is 8.78 Å². The molecule has 0 radical (unpaired) electrons. The van der Waals surface area contributed by atoms with Crippen molar-refractivity contribution < 1.29 is 18.6 Å². The molecular formula is C10H13F2NO2. The summed E-state index contributed by atoms with van der Waals surface area (Å²) in [6.07, 6.45) is 0. The SMILES string of the molecule is OCCNCCOc1ccc(F)c(F)c1. The van der Waals surface area contributed by atoms with E-state index in [1.54, 1.807) is 0 Å². The second-order valence-electron chi connectivity index (χ2n) is 2.90. The Balaban J connectivity index is 2.28. The van der Waals surface area contributed by atoms with Gasteiger partial charge in [0.05, 0.1) is 6.61 Å². The third kappa shape index (κ3) is 4.22. The Morgan fingerprint density at radius 1 is 1.20 bits per heavy atom. The van der Waals surface area contributed by atoms with Crippen LogP contribution in [0.25, 0.3) is 0 Å². The zero-order chi connectivity index (χ0) is 11.1. The van der Waals surface area contributed by atoms with Gasteiger partial charge < -0.3 is 15.2 Å². The van der Waals surface area contributed by atoms with Gasteiger partial charge in [-0.2, -0.15) is 0 Å². The number of hydrogen-bond acceptors (Lipinski definition) is 3. The third-order valence-electron chi connectivity index (χ3n) is 1.73. The molecule has 0 heterocycles. The summed E-state index contributed by atoms with van der Waals surface area (Å²) in [4.78, 5) is 0. The first-order valence-electron chi connectivity index (χ1n) is 4.63. The fourth-order valence-electron chi connectivity index (χ4n) is 1.01. The van der Waals surface area contributed by atoms with Gasteiger partial charge in [-0.05, 0) is 12.1 Å². The maximum atomic E-state index is 12.7. The first-order chi connectivity index (χ1) is 7.24. The Kier molecular flexibility index (Phi) is 5.00. The molecule has 0 aromatic heterocycles. The third-order valence-corrected chi connectivity index (χ3v) is 1.73. The van der Waals surface area contributed by atoms with Gasteiger partial charge in [0, 0.05) is 19.2 Å². The summed E-state index contributed by atoms with van der Waals surface area (Å²) >= 11 is 0. The Hall–Kier alpha value is -1.20. The molecule has 0 aliphatic carbocycles. The Morgan fingerprint density at radius 2 is 2.00 bits per heavy atom. The molecule has 15 heavy (non-hydrogen) atoms. The molecule has 0 spiro atoms. The van der Waals surface area contributed by atoms with Crippen LogP contribution in [0, 0.1) is 11.6 Å². The number of aliphatic hydroxyl groups excluding tert-OH is 1. The van der Waals surface area contributed by atoms with E-state index in [4.69, 9.17) is 9.84 Å². The molecule has 0 unspecified atom stereocenters. The van der Waals surface area contributed by atoms with E-state index < -0.39 is 11.6 Å². The second-order valence-corrected chi connectivity index (χ2v) is 2.90. The Labute approximate surface area is 86.7 Å². The van der Waals surface area contributed by atoms with Crippen LogP contribution in [0.4, 0.5) is 8.78 Å². The van der Waals surface area contributed by atoms with Crippen molar-refractivity contribution in [2.75, 3.05) is 26.3 Å². The zero-order valence-corrected chi connectivity index (χ0v) is 8.17. The van der Waals surface area contributed by atoms with E-state index in [9.17, 15) is 8.78 Å². The predicted octanol–water partition coefficient (Wildman–Crippen LogP) is 0.925. The van der Waals surface area contributed by atoms with Crippen molar-refractivity contribution in [3.63, 3.8) is 0 Å². The second kappa shape index (κ2) is 6.31. The molecule has 0 saturated heterocycles. The normalized spacial score (nSPS) is 10.3. The summed E-state index contributed by atoms with van der Waals surface area (Å²) in [5.74, 6) is -1.52. The molecule has 3 nitrogen and oxygen atoms in total. The van der Waals surface area contributed by atoms with Crippen LogP contribution >= 0.6 is 0 Å². The summed E-state index contributed by atoms with van der Waals surface area (Å²) in [6.45, 7) is 1.43. The summed E-state index contributed by atoms with van der Waals surface area (Å²) < 4.78 is 30.4. The van der Waals surface area contributed by atoms with Crippen molar-refractivity contribution in [3.8, 4) is 5.75 Å². The lowest BCUT2D eigenvalue weighted by Crippen LogP contribution is -2.23. The maximum absolute atomic E-state index is 12.7. The Morgan fingerprint density at radius 3 is 2.67 bits per heavy atom. The first-order valence-corrected chi connectivity index (χ1v) is 4.63. The van der Waals surface area contributed by atoms with E-state index in [1.165, 1.54) is 6.07 Å². The molecular weight excluding hydrogens is 204 g/mol. The summed E-state index contributed by atoms with van der Waals surface area (Å²) in [5, 5.41) is 11.3. The predicted molar refractivity (Wildman–Crippen MR) is 51.8 cm³/mol. The number of hydrogen-bond donors (Lipinski definition) is 2. The fraction of sp³-hybridized carbons (Fsp3) is 0.400. The fourth-order valence-corrected chi connectivity index (χ4v) is 1.01. The van der Waals surface area contributed by atoms with Crippen LogP contribution < -0.4 is 10.1 Å². The average Bonchev–Trinajstić information content (AvgIpc) is 2.23. The van der Waals surface area contributed by atoms with E-state index >= 15 is 0 Å². The maximum Gasteiger partial charge on any atom is 0.162 e. The molecule has 0 aliphatic rings. The van der Waals surface area contributed by atoms with Gasteiger partial charge in [0.15, 0.2) is 11.6 Å². The number of nitrogens with one attached hydrogen (secondary N) is 1. The van der Waals surface area contributed by atoms with Crippen molar-refractivity contribution in [2.24, 2.45) is 0 Å². The lowest BCUT2D eigenvalue weighted by atomic mass is 10.3.